The first kappa shape index (κ1) is 22.6. The summed E-state index contributed by atoms with van der Waals surface area (Å²) in [5, 5.41) is 6.30. The van der Waals surface area contributed by atoms with E-state index in [2.05, 4.69) is 15.6 Å². The van der Waals surface area contributed by atoms with Gasteiger partial charge in [0.2, 0.25) is 0 Å². The van der Waals surface area contributed by atoms with E-state index in [4.69, 9.17) is 19.6 Å². The monoisotopic (exact) mass is 488 g/mol. The number of hydrogen-bond acceptors (Lipinski definition) is 5. The summed E-state index contributed by atoms with van der Waals surface area (Å²) in [7, 11) is 1.62. The number of amides is 1. The number of nitrogens with zero attached hydrogens (tertiary/aromatic N) is 1. The molecule has 0 aliphatic heterocycles. The first-order valence-electron chi connectivity index (χ1n) is 8.30. The number of carbonyl (C=O) groups excluding carboxylic acids is 1. The van der Waals surface area contributed by atoms with E-state index in [1.54, 1.807) is 13.2 Å². The molecule has 0 aliphatic rings. The van der Waals surface area contributed by atoms with Crippen molar-refractivity contribution in [1.29, 1.82) is 0 Å². The van der Waals surface area contributed by atoms with E-state index in [0.717, 1.165) is 18.0 Å². The molecule has 1 aromatic carbocycles. The molecule has 4 N–H and O–H groups in total. The Bertz CT molecular complexity index is 731. The summed E-state index contributed by atoms with van der Waals surface area (Å²) in [5.74, 6) is 2.27. The van der Waals surface area contributed by atoms with Crippen molar-refractivity contribution in [2.75, 3.05) is 26.8 Å². The number of nitrogens with two attached hydrogens (primary N) is 1. The number of nitrogens with one attached hydrogen (secondary N) is 2. The Kier molecular flexibility index (Phi) is 10.1. The molecule has 27 heavy (non-hydrogen) atoms. The highest BCUT2D eigenvalue weighted by Crippen LogP contribution is 2.16. The largest absolute Gasteiger partial charge is 0.497 e. The molecule has 0 spiro atoms. The van der Waals surface area contributed by atoms with Gasteiger partial charge in [0.05, 0.1) is 13.7 Å². The van der Waals surface area contributed by atoms with Crippen LogP contribution in [0.15, 0.2) is 45.8 Å². The maximum absolute atomic E-state index is 11.0. The van der Waals surface area contributed by atoms with E-state index >= 15 is 0 Å². The fourth-order valence-electron chi connectivity index (χ4n) is 2.10. The second kappa shape index (κ2) is 12.0. The van der Waals surface area contributed by atoms with Crippen molar-refractivity contribution in [1.82, 2.24) is 10.6 Å². The molecule has 0 saturated heterocycles. The minimum absolute atomic E-state index is 0. The predicted octanol–water partition coefficient (Wildman–Crippen LogP) is 2.14. The SMILES string of the molecule is CCNC(=NCc1ccc(C(N)=O)o1)NCCOc1ccc(OC)cc1.I. The number of guanidine groups is 1. The summed E-state index contributed by atoms with van der Waals surface area (Å²) in [4.78, 5) is 15.4. The van der Waals surface area contributed by atoms with E-state index in [1.807, 2.05) is 31.2 Å². The van der Waals surface area contributed by atoms with E-state index in [9.17, 15) is 4.79 Å². The van der Waals surface area contributed by atoms with Crippen LogP contribution in [-0.4, -0.2) is 38.7 Å². The lowest BCUT2D eigenvalue weighted by atomic mass is 10.3. The van der Waals surface area contributed by atoms with Crippen LogP contribution in [0.5, 0.6) is 11.5 Å². The molecule has 2 aromatic rings. The molecule has 148 valence electrons. The molecule has 0 unspecified atom stereocenters. The van der Waals surface area contributed by atoms with Gasteiger partial charge in [0, 0.05) is 6.54 Å². The van der Waals surface area contributed by atoms with Gasteiger partial charge >= 0.3 is 0 Å². The summed E-state index contributed by atoms with van der Waals surface area (Å²) in [5.41, 5.74) is 5.16. The van der Waals surface area contributed by atoms with Gasteiger partial charge in [-0.2, -0.15) is 0 Å². The number of ether oxygens (including phenoxy) is 2. The van der Waals surface area contributed by atoms with Crippen LogP contribution in [0.3, 0.4) is 0 Å². The van der Waals surface area contributed by atoms with Crippen molar-refractivity contribution in [3.8, 4) is 11.5 Å². The number of carbonyl (C=O) groups is 1. The molecule has 0 fully saturated rings. The van der Waals surface area contributed by atoms with Crippen molar-refractivity contribution >= 4 is 35.8 Å². The van der Waals surface area contributed by atoms with E-state index in [1.165, 1.54) is 6.07 Å². The average molecular weight is 488 g/mol. The van der Waals surface area contributed by atoms with Gasteiger partial charge in [-0.15, -0.1) is 24.0 Å². The normalized spacial score (nSPS) is 10.7. The third-order valence-electron chi connectivity index (χ3n) is 3.36. The van der Waals surface area contributed by atoms with Crippen LogP contribution in [0.1, 0.15) is 23.2 Å². The van der Waals surface area contributed by atoms with Crippen LogP contribution >= 0.6 is 24.0 Å². The van der Waals surface area contributed by atoms with E-state index < -0.39 is 5.91 Å². The Morgan fingerprint density at radius 3 is 2.44 bits per heavy atom. The molecule has 0 aliphatic carbocycles. The smallest absolute Gasteiger partial charge is 0.284 e. The highest BCUT2D eigenvalue weighted by atomic mass is 127. The summed E-state index contributed by atoms with van der Waals surface area (Å²) in [6, 6.07) is 10.6. The molecule has 8 nitrogen and oxygen atoms in total. The minimum atomic E-state index is -0.596. The third kappa shape index (κ3) is 7.77. The number of rotatable bonds is 9. The van der Waals surface area contributed by atoms with Gasteiger partial charge in [0.25, 0.3) is 5.91 Å². The van der Waals surface area contributed by atoms with Crippen LogP contribution in [0.2, 0.25) is 0 Å². The Labute approximate surface area is 175 Å². The van der Waals surface area contributed by atoms with E-state index in [0.29, 0.717) is 31.4 Å². The molecular formula is C18H25IN4O4. The van der Waals surface area contributed by atoms with Gasteiger partial charge in [-0.3, -0.25) is 4.79 Å². The van der Waals surface area contributed by atoms with Crippen molar-refractivity contribution in [2.45, 2.75) is 13.5 Å². The lowest BCUT2D eigenvalue weighted by Crippen LogP contribution is -2.39. The molecule has 0 radical (unpaired) electrons. The molecule has 0 bridgehead atoms. The van der Waals surface area contributed by atoms with Crippen LogP contribution in [0, 0.1) is 0 Å². The fourth-order valence-corrected chi connectivity index (χ4v) is 2.10. The Morgan fingerprint density at radius 1 is 1.15 bits per heavy atom. The second-order valence-electron chi connectivity index (χ2n) is 5.28. The van der Waals surface area contributed by atoms with Crippen LogP contribution in [-0.2, 0) is 6.54 Å². The minimum Gasteiger partial charge on any atom is -0.497 e. The quantitative estimate of drug-likeness (QED) is 0.216. The van der Waals surface area contributed by atoms with Crippen molar-refractivity contribution in [2.24, 2.45) is 10.7 Å². The summed E-state index contributed by atoms with van der Waals surface area (Å²) in [6.07, 6.45) is 0. The highest BCUT2D eigenvalue weighted by molar-refractivity contribution is 14.0. The number of hydrogen-bond donors (Lipinski definition) is 3. The number of primary amides is 1. The maximum atomic E-state index is 11.0. The topological polar surface area (TPSA) is 111 Å². The summed E-state index contributed by atoms with van der Waals surface area (Å²) >= 11 is 0. The summed E-state index contributed by atoms with van der Waals surface area (Å²) < 4.78 is 16.1. The first-order valence-corrected chi connectivity index (χ1v) is 8.30. The molecule has 1 amide bonds. The number of furan rings is 1. The van der Waals surface area contributed by atoms with Gasteiger partial charge in [0.15, 0.2) is 11.7 Å². The van der Waals surface area contributed by atoms with Gasteiger partial charge in [-0.25, -0.2) is 4.99 Å². The van der Waals surface area contributed by atoms with Gasteiger partial charge in [0.1, 0.15) is 30.4 Å². The Morgan fingerprint density at radius 2 is 1.85 bits per heavy atom. The standard InChI is InChI=1S/C18H24N4O4.HI/c1-3-20-18(22-12-15-8-9-16(26-15)17(19)23)21-10-11-25-14-6-4-13(24-2)5-7-14;/h4-9H,3,10-12H2,1-2H3,(H2,19,23)(H2,20,21,22);1H. The summed E-state index contributed by atoms with van der Waals surface area (Å²) in [6.45, 7) is 4.03. The van der Waals surface area contributed by atoms with Crippen molar-refractivity contribution in [3.05, 3.63) is 47.9 Å². The number of aliphatic imine (C=N–C) groups is 1. The van der Waals surface area contributed by atoms with E-state index in [-0.39, 0.29) is 29.7 Å². The van der Waals surface area contributed by atoms with Gasteiger partial charge in [-0.1, -0.05) is 0 Å². The Balaban J connectivity index is 0.00000364. The first-order chi connectivity index (χ1) is 12.6. The van der Waals surface area contributed by atoms with Crippen molar-refractivity contribution < 1.29 is 18.7 Å². The van der Waals surface area contributed by atoms with Crippen molar-refractivity contribution in [3.63, 3.8) is 0 Å². The zero-order chi connectivity index (χ0) is 18.8. The van der Waals surface area contributed by atoms with Crippen LogP contribution < -0.4 is 25.8 Å². The molecule has 0 saturated carbocycles. The zero-order valence-corrected chi connectivity index (χ0v) is 17.7. The molecule has 9 heteroatoms. The zero-order valence-electron chi connectivity index (χ0n) is 15.4. The Hall–Kier alpha value is -2.43. The molecular weight excluding hydrogens is 463 g/mol. The number of benzene rings is 1. The maximum Gasteiger partial charge on any atom is 0.284 e. The molecule has 0 atom stereocenters. The lowest BCUT2D eigenvalue weighted by molar-refractivity contribution is 0.0972. The van der Waals surface area contributed by atoms with Crippen LogP contribution in [0.4, 0.5) is 0 Å². The van der Waals surface area contributed by atoms with Gasteiger partial charge in [-0.05, 0) is 43.3 Å². The molecule has 2 rings (SSSR count). The lowest BCUT2D eigenvalue weighted by Gasteiger charge is -2.12. The highest BCUT2D eigenvalue weighted by Gasteiger charge is 2.07. The second-order valence-corrected chi connectivity index (χ2v) is 5.28. The number of methoxy groups -OCH3 is 1. The van der Waals surface area contributed by atoms with Crippen LogP contribution in [0.25, 0.3) is 0 Å². The average Bonchev–Trinajstić information content (AvgIpc) is 3.13. The third-order valence-corrected chi connectivity index (χ3v) is 3.36. The molecule has 1 heterocycles. The molecule has 1 aromatic heterocycles. The fraction of sp³-hybridized carbons (Fsp3) is 0.333. The van der Waals surface area contributed by atoms with Gasteiger partial charge < -0.3 is 30.3 Å². The number of halogens is 1. The predicted molar refractivity (Wildman–Crippen MR) is 114 cm³/mol.